The Hall–Kier alpha value is -1.69. The molecule has 0 saturated heterocycles. The molecule has 0 aliphatic heterocycles. The van der Waals surface area contributed by atoms with Crippen LogP contribution in [0.4, 0.5) is 14.9 Å². The summed E-state index contributed by atoms with van der Waals surface area (Å²) in [6, 6.07) is 3.97. The highest BCUT2D eigenvalue weighted by atomic mass is 32.1. The molecule has 3 N–H and O–H groups in total. The molecule has 0 spiro atoms. The molecule has 1 amide bonds. The van der Waals surface area contributed by atoms with Crippen molar-refractivity contribution in [3.05, 3.63) is 29.6 Å². The molecule has 4 nitrogen and oxygen atoms in total. The number of nitrogens with one attached hydrogen (secondary N) is 1. The van der Waals surface area contributed by atoms with Gasteiger partial charge in [0, 0.05) is 11.3 Å². The van der Waals surface area contributed by atoms with Gasteiger partial charge in [-0.2, -0.15) is 0 Å². The summed E-state index contributed by atoms with van der Waals surface area (Å²) in [5, 5.41) is 2.48. The largest absolute Gasteiger partial charge is 0.449 e. The first-order valence-electron chi connectivity index (χ1n) is 5.43. The van der Waals surface area contributed by atoms with Crippen molar-refractivity contribution in [2.24, 2.45) is 11.7 Å². The smallest absolute Gasteiger partial charge is 0.411 e. The van der Waals surface area contributed by atoms with Crippen molar-refractivity contribution in [1.29, 1.82) is 0 Å². The molecule has 1 aromatic rings. The summed E-state index contributed by atoms with van der Waals surface area (Å²) in [6.07, 6.45) is -0.593. The molecular formula is C12H15FN2O2S. The Morgan fingerprint density at radius 3 is 2.78 bits per heavy atom. The van der Waals surface area contributed by atoms with Gasteiger partial charge in [0.25, 0.3) is 0 Å². The van der Waals surface area contributed by atoms with Gasteiger partial charge in [0.15, 0.2) is 0 Å². The van der Waals surface area contributed by atoms with E-state index >= 15 is 0 Å². The zero-order valence-electron chi connectivity index (χ0n) is 10.2. The van der Waals surface area contributed by atoms with Crippen LogP contribution in [0, 0.1) is 11.7 Å². The zero-order valence-corrected chi connectivity index (χ0v) is 11.0. The van der Waals surface area contributed by atoms with Crippen molar-refractivity contribution in [2.45, 2.75) is 13.8 Å². The van der Waals surface area contributed by atoms with Crippen LogP contribution in [0.2, 0.25) is 0 Å². The summed E-state index contributed by atoms with van der Waals surface area (Å²) >= 11 is 4.70. The Labute approximate surface area is 110 Å². The molecule has 0 aliphatic carbocycles. The standard InChI is InChI=1S/C12H15FN2O2S/c1-7(2)6-17-12(16)15-8-3-4-10(13)9(5-8)11(14)18/h3-5,7H,6H2,1-2H3,(H2,14,18)(H,15,16). The van der Waals surface area contributed by atoms with E-state index in [9.17, 15) is 9.18 Å². The Morgan fingerprint density at radius 1 is 1.56 bits per heavy atom. The molecule has 0 atom stereocenters. The van der Waals surface area contributed by atoms with E-state index in [1.165, 1.54) is 18.2 Å². The summed E-state index contributed by atoms with van der Waals surface area (Å²) in [7, 11) is 0. The van der Waals surface area contributed by atoms with Gasteiger partial charge in [-0.3, -0.25) is 5.32 Å². The van der Waals surface area contributed by atoms with E-state index in [1.54, 1.807) is 0 Å². The van der Waals surface area contributed by atoms with Crippen LogP contribution in [-0.2, 0) is 4.74 Å². The highest BCUT2D eigenvalue weighted by Crippen LogP contribution is 2.15. The molecule has 0 fully saturated rings. The lowest BCUT2D eigenvalue weighted by Crippen LogP contribution is -2.18. The molecule has 18 heavy (non-hydrogen) atoms. The summed E-state index contributed by atoms with van der Waals surface area (Å²) < 4.78 is 18.2. The first-order chi connectivity index (χ1) is 8.40. The molecule has 0 bridgehead atoms. The molecule has 0 heterocycles. The molecule has 1 aromatic carbocycles. The summed E-state index contributed by atoms with van der Waals surface area (Å²) in [4.78, 5) is 11.3. The maximum atomic E-state index is 13.3. The fourth-order valence-corrected chi connectivity index (χ4v) is 1.34. The Balaban J connectivity index is 2.70. The zero-order chi connectivity index (χ0) is 13.7. The quantitative estimate of drug-likeness (QED) is 0.826. The van der Waals surface area contributed by atoms with Crippen LogP contribution in [0.15, 0.2) is 18.2 Å². The predicted molar refractivity (Wildman–Crippen MR) is 72.1 cm³/mol. The van der Waals surface area contributed by atoms with Gasteiger partial charge < -0.3 is 10.5 Å². The van der Waals surface area contributed by atoms with Gasteiger partial charge in [0.1, 0.15) is 10.8 Å². The van der Waals surface area contributed by atoms with Gasteiger partial charge in [-0.05, 0) is 24.1 Å². The lowest BCUT2D eigenvalue weighted by molar-refractivity contribution is 0.147. The number of thiocarbonyl (C=S) groups is 1. The lowest BCUT2D eigenvalue weighted by Gasteiger charge is -2.10. The number of ether oxygens (including phenoxy) is 1. The van der Waals surface area contributed by atoms with E-state index in [2.05, 4.69) is 5.32 Å². The number of nitrogens with two attached hydrogens (primary N) is 1. The average molecular weight is 270 g/mol. The SMILES string of the molecule is CC(C)COC(=O)Nc1ccc(F)c(C(N)=S)c1. The van der Waals surface area contributed by atoms with E-state index in [1.807, 2.05) is 13.8 Å². The Morgan fingerprint density at radius 2 is 2.22 bits per heavy atom. The van der Waals surface area contributed by atoms with Crippen LogP contribution in [0.5, 0.6) is 0 Å². The summed E-state index contributed by atoms with van der Waals surface area (Å²) in [6.45, 7) is 4.17. The molecule has 1 rings (SSSR count). The van der Waals surface area contributed by atoms with Gasteiger partial charge in [0.2, 0.25) is 0 Å². The average Bonchev–Trinajstić information content (AvgIpc) is 2.28. The number of amides is 1. The molecular weight excluding hydrogens is 255 g/mol. The summed E-state index contributed by atoms with van der Waals surface area (Å²) in [5.41, 5.74) is 5.83. The summed E-state index contributed by atoms with van der Waals surface area (Å²) in [5.74, 6) is -0.278. The molecule has 0 unspecified atom stereocenters. The number of carbonyl (C=O) groups is 1. The van der Waals surface area contributed by atoms with Crippen molar-refractivity contribution >= 4 is 29.0 Å². The minimum Gasteiger partial charge on any atom is -0.449 e. The highest BCUT2D eigenvalue weighted by molar-refractivity contribution is 7.80. The third-order valence-electron chi connectivity index (χ3n) is 2.03. The van der Waals surface area contributed by atoms with Crippen LogP contribution < -0.4 is 11.1 Å². The fourth-order valence-electron chi connectivity index (χ4n) is 1.19. The first kappa shape index (κ1) is 14.4. The van der Waals surface area contributed by atoms with E-state index in [4.69, 9.17) is 22.7 Å². The third-order valence-corrected chi connectivity index (χ3v) is 2.25. The number of hydrogen-bond acceptors (Lipinski definition) is 3. The minimum atomic E-state index is -0.593. The highest BCUT2D eigenvalue weighted by Gasteiger charge is 2.09. The van der Waals surface area contributed by atoms with Crippen LogP contribution in [0.1, 0.15) is 19.4 Å². The van der Waals surface area contributed by atoms with E-state index in [0.29, 0.717) is 12.3 Å². The second kappa shape index (κ2) is 6.30. The van der Waals surface area contributed by atoms with Crippen molar-refractivity contribution in [2.75, 3.05) is 11.9 Å². The number of halogens is 1. The van der Waals surface area contributed by atoms with Gasteiger partial charge in [-0.25, -0.2) is 9.18 Å². The topological polar surface area (TPSA) is 64.3 Å². The molecule has 0 saturated carbocycles. The third kappa shape index (κ3) is 4.29. The maximum Gasteiger partial charge on any atom is 0.411 e. The van der Waals surface area contributed by atoms with Crippen LogP contribution in [0.3, 0.4) is 0 Å². The number of rotatable bonds is 4. The molecule has 6 heteroatoms. The minimum absolute atomic E-state index is 0.0632. The van der Waals surface area contributed by atoms with E-state index in [-0.39, 0.29) is 16.5 Å². The van der Waals surface area contributed by atoms with Crippen LogP contribution in [0.25, 0.3) is 0 Å². The molecule has 98 valence electrons. The van der Waals surface area contributed by atoms with Crippen molar-refractivity contribution in [1.82, 2.24) is 0 Å². The van der Waals surface area contributed by atoms with E-state index in [0.717, 1.165) is 0 Å². The lowest BCUT2D eigenvalue weighted by atomic mass is 10.2. The van der Waals surface area contributed by atoms with Crippen molar-refractivity contribution in [3.63, 3.8) is 0 Å². The first-order valence-corrected chi connectivity index (χ1v) is 5.84. The second-order valence-corrected chi connectivity index (χ2v) is 4.62. The molecule has 0 aliphatic rings. The number of carbonyl (C=O) groups excluding carboxylic acids is 1. The normalized spacial score (nSPS) is 10.2. The number of anilines is 1. The monoisotopic (exact) mass is 270 g/mol. The van der Waals surface area contributed by atoms with Gasteiger partial charge in [-0.15, -0.1) is 0 Å². The van der Waals surface area contributed by atoms with Gasteiger partial charge in [-0.1, -0.05) is 26.1 Å². The Bertz CT molecular complexity index is 463. The van der Waals surface area contributed by atoms with E-state index < -0.39 is 11.9 Å². The van der Waals surface area contributed by atoms with Crippen molar-refractivity contribution < 1.29 is 13.9 Å². The van der Waals surface area contributed by atoms with Crippen LogP contribution >= 0.6 is 12.2 Å². The van der Waals surface area contributed by atoms with Crippen molar-refractivity contribution in [3.8, 4) is 0 Å². The Kier molecular flexibility index (Phi) is 5.03. The second-order valence-electron chi connectivity index (χ2n) is 4.18. The fraction of sp³-hybridized carbons (Fsp3) is 0.333. The molecule has 0 aromatic heterocycles. The van der Waals surface area contributed by atoms with Gasteiger partial charge >= 0.3 is 6.09 Å². The maximum absolute atomic E-state index is 13.3. The predicted octanol–water partition coefficient (Wildman–Crippen LogP) is 2.66. The van der Waals surface area contributed by atoms with Gasteiger partial charge in [0.05, 0.1) is 6.61 Å². The van der Waals surface area contributed by atoms with Crippen LogP contribution in [-0.4, -0.2) is 17.7 Å². The molecule has 0 radical (unpaired) electrons. The number of benzene rings is 1. The number of hydrogen-bond donors (Lipinski definition) is 2.